The zero-order chi connectivity index (χ0) is 9.97. The first-order valence-electron chi connectivity index (χ1n) is 5.31. The van der Waals surface area contributed by atoms with E-state index in [0.29, 0.717) is 25.3 Å². The molecule has 1 amide bonds. The second-order valence-electron chi connectivity index (χ2n) is 4.12. The van der Waals surface area contributed by atoms with Crippen molar-refractivity contribution in [3.8, 4) is 0 Å². The minimum absolute atomic E-state index is 0.0164. The van der Waals surface area contributed by atoms with Gasteiger partial charge >= 0.3 is 0 Å². The van der Waals surface area contributed by atoms with Crippen molar-refractivity contribution in [2.24, 2.45) is 0 Å². The van der Waals surface area contributed by atoms with Gasteiger partial charge in [-0.2, -0.15) is 0 Å². The van der Waals surface area contributed by atoms with Crippen LogP contribution in [0.15, 0.2) is 0 Å². The van der Waals surface area contributed by atoms with Gasteiger partial charge in [0.05, 0.1) is 6.04 Å². The predicted molar refractivity (Wildman–Crippen MR) is 51.8 cm³/mol. The Bertz CT molecular complexity index is 247. The summed E-state index contributed by atoms with van der Waals surface area (Å²) in [7, 11) is 0. The molecule has 0 aromatic rings. The van der Waals surface area contributed by atoms with Crippen LogP contribution in [-0.2, 0) is 9.59 Å². The Morgan fingerprint density at radius 2 is 2.29 bits per heavy atom. The molecule has 4 heteroatoms. The zero-order valence-electron chi connectivity index (χ0n) is 8.21. The quantitative estimate of drug-likeness (QED) is 0.666. The molecule has 14 heavy (non-hydrogen) atoms. The summed E-state index contributed by atoms with van der Waals surface area (Å²) in [6.45, 7) is 1.02. The molecule has 4 nitrogen and oxygen atoms in total. The average Bonchev–Trinajstić information content (AvgIpc) is 2.75. The van der Waals surface area contributed by atoms with E-state index in [-0.39, 0.29) is 17.7 Å². The molecule has 2 rings (SSSR count). The number of hydrogen-bond donors (Lipinski definition) is 2. The van der Waals surface area contributed by atoms with Gasteiger partial charge in [-0.1, -0.05) is 0 Å². The summed E-state index contributed by atoms with van der Waals surface area (Å²) < 4.78 is 0. The molecule has 0 aromatic carbocycles. The fourth-order valence-electron chi connectivity index (χ4n) is 2.17. The van der Waals surface area contributed by atoms with E-state index < -0.39 is 0 Å². The molecule has 2 heterocycles. The fraction of sp³-hybridized carbons (Fsp3) is 0.800. The van der Waals surface area contributed by atoms with E-state index in [9.17, 15) is 9.59 Å². The van der Waals surface area contributed by atoms with Gasteiger partial charge in [0.25, 0.3) is 0 Å². The highest BCUT2D eigenvalue weighted by Crippen LogP contribution is 2.14. The number of hydrogen-bond acceptors (Lipinski definition) is 3. The van der Waals surface area contributed by atoms with E-state index >= 15 is 0 Å². The Hall–Kier alpha value is -0.900. The van der Waals surface area contributed by atoms with Crippen molar-refractivity contribution in [1.82, 2.24) is 10.6 Å². The van der Waals surface area contributed by atoms with Gasteiger partial charge in [-0.25, -0.2) is 0 Å². The van der Waals surface area contributed by atoms with E-state index in [1.807, 2.05) is 0 Å². The van der Waals surface area contributed by atoms with Crippen molar-refractivity contribution in [1.29, 1.82) is 0 Å². The maximum Gasteiger partial charge on any atom is 0.220 e. The molecule has 2 atom stereocenters. The summed E-state index contributed by atoms with van der Waals surface area (Å²) in [5.74, 6) is 0.206. The molecule has 2 aliphatic heterocycles. The molecule has 0 bridgehead atoms. The Labute approximate surface area is 83.4 Å². The maximum absolute atomic E-state index is 11.7. The van der Waals surface area contributed by atoms with Crippen molar-refractivity contribution >= 4 is 11.7 Å². The van der Waals surface area contributed by atoms with E-state index in [1.165, 1.54) is 0 Å². The molecule has 0 spiro atoms. The van der Waals surface area contributed by atoms with Gasteiger partial charge in [0.2, 0.25) is 5.91 Å². The Morgan fingerprint density at radius 3 is 2.86 bits per heavy atom. The molecule has 2 fully saturated rings. The van der Waals surface area contributed by atoms with Crippen LogP contribution in [0.5, 0.6) is 0 Å². The van der Waals surface area contributed by atoms with Crippen LogP contribution >= 0.6 is 0 Å². The van der Waals surface area contributed by atoms with Crippen molar-refractivity contribution in [3.63, 3.8) is 0 Å². The van der Waals surface area contributed by atoms with Gasteiger partial charge < -0.3 is 10.6 Å². The Morgan fingerprint density at radius 1 is 1.43 bits per heavy atom. The summed E-state index contributed by atoms with van der Waals surface area (Å²) in [5, 5.41) is 6.00. The normalized spacial score (nSPS) is 31.9. The summed E-state index contributed by atoms with van der Waals surface area (Å²) >= 11 is 0. The second kappa shape index (κ2) is 4.09. The van der Waals surface area contributed by atoms with Crippen molar-refractivity contribution in [2.45, 2.75) is 44.2 Å². The number of ketones is 1. The van der Waals surface area contributed by atoms with E-state index in [2.05, 4.69) is 10.6 Å². The minimum atomic E-state index is -0.204. The standard InChI is InChI=1S/C10H16N2O2/c13-9(6-7-2-1-5-11-7)8-3-4-10(14)12-8/h7-8,11H,1-6H2,(H,12,14)/t7-,8+/m1/s1. The van der Waals surface area contributed by atoms with Crippen LogP contribution in [0.25, 0.3) is 0 Å². The lowest BCUT2D eigenvalue weighted by atomic mass is 10.0. The molecule has 2 saturated heterocycles. The molecule has 0 aliphatic carbocycles. The van der Waals surface area contributed by atoms with Crippen LogP contribution in [0, 0.1) is 0 Å². The van der Waals surface area contributed by atoms with Gasteiger partial charge in [-0.05, 0) is 25.8 Å². The first-order chi connectivity index (χ1) is 6.75. The molecule has 2 aliphatic rings. The average molecular weight is 196 g/mol. The second-order valence-corrected chi connectivity index (χ2v) is 4.12. The maximum atomic E-state index is 11.7. The SMILES string of the molecule is O=C1CC[C@@H](C(=O)C[C@H]2CCCN2)N1. The third-order valence-corrected chi connectivity index (χ3v) is 2.99. The highest BCUT2D eigenvalue weighted by atomic mass is 16.2. The lowest BCUT2D eigenvalue weighted by molar-refractivity contribution is -0.124. The molecule has 78 valence electrons. The van der Waals surface area contributed by atoms with Crippen LogP contribution in [0.3, 0.4) is 0 Å². The third-order valence-electron chi connectivity index (χ3n) is 2.99. The molecular formula is C10H16N2O2. The third kappa shape index (κ3) is 2.12. The number of amides is 1. The van der Waals surface area contributed by atoms with Crippen molar-refractivity contribution in [2.75, 3.05) is 6.54 Å². The van der Waals surface area contributed by atoms with Gasteiger partial charge in [-0.3, -0.25) is 9.59 Å². The number of nitrogens with one attached hydrogen (secondary N) is 2. The molecule has 2 N–H and O–H groups in total. The van der Waals surface area contributed by atoms with Crippen LogP contribution in [0.2, 0.25) is 0 Å². The lowest BCUT2D eigenvalue weighted by Gasteiger charge is -2.12. The topological polar surface area (TPSA) is 58.2 Å². The summed E-state index contributed by atoms with van der Waals surface area (Å²) in [6.07, 6.45) is 4.02. The molecular weight excluding hydrogens is 180 g/mol. The smallest absolute Gasteiger partial charge is 0.220 e. The van der Waals surface area contributed by atoms with Crippen LogP contribution in [0.4, 0.5) is 0 Å². The van der Waals surface area contributed by atoms with Crippen LogP contribution in [0.1, 0.15) is 32.1 Å². The number of rotatable bonds is 3. The fourth-order valence-corrected chi connectivity index (χ4v) is 2.17. The number of carbonyl (C=O) groups is 2. The van der Waals surface area contributed by atoms with Gasteiger partial charge in [0.15, 0.2) is 5.78 Å². The van der Waals surface area contributed by atoms with Crippen LogP contribution < -0.4 is 10.6 Å². The monoisotopic (exact) mass is 196 g/mol. The predicted octanol–water partition coefficient (Wildman–Crippen LogP) is -0.0238. The first kappa shape index (κ1) is 9.65. The largest absolute Gasteiger partial charge is 0.346 e. The van der Waals surface area contributed by atoms with Gasteiger partial charge in [-0.15, -0.1) is 0 Å². The Balaban J connectivity index is 1.80. The van der Waals surface area contributed by atoms with E-state index in [0.717, 1.165) is 19.4 Å². The van der Waals surface area contributed by atoms with Crippen molar-refractivity contribution < 1.29 is 9.59 Å². The Kier molecular flexibility index (Phi) is 2.82. The summed E-state index contributed by atoms with van der Waals surface area (Å²) in [6, 6.07) is 0.143. The van der Waals surface area contributed by atoms with Gasteiger partial charge in [0.1, 0.15) is 0 Å². The number of carbonyl (C=O) groups excluding carboxylic acids is 2. The van der Waals surface area contributed by atoms with Crippen molar-refractivity contribution in [3.05, 3.63) is 0 Å². The molecule has 0 radical (unpaired) electrons. The minimum Gasteiger partial charge on any atom is -0.346 e. The first-order valence-corrected chi connectivity index (χ1v) is 5.31. The number of Topliss-reactive ketones (excluding diaryl/α,β-unsaturated/α-hetero) is 1. The molecule has 0 unspecified atom stereocenters. The van der Waals surface area contributed by atoms with E-state index in [4.69, 9.17) is 0 Å². The van der Waals surface area contributed by atoms with E-state index in [1.54, 1.807) is 0 Å². The van der Waals surface area contributed by atoms with Crippen LogP contribution in [-0.4, -0.2) is 30.3 Å². The van der Waals surface area contributed by atoms with Gasteiger partial charge in [0, 0.05) is 18.9 Å². The lowest BCUT2D eigenvalue weighted by Crippen LogP contribution is -2.36. The highest BCUT2D eigenvalue weighted by Gasteiger charge is 2.29. The zero-order valence-corrected chi connectivity index (χ0v) is 8.21. The molecule has 0 aromatic heterocycles. The molecule has 0 saturated carbocycles. The summed E-state index contributed by atoms with van der Waals surface area (Å²) in [5.41, 5.74) is 0. The summed E-state index contributed by atoms with van der Waals surface area (Å²) in [4.78, 5) is 22.6. The highest BCUT2D eigenvalue weighted by molar-refractivity contribution is 5.92.